The summed E-state index contributed by atoms with van der Waals surface area (Å²) in [6.07, 6.45) is 0. The monoisotopic (exact) mass is 396 g/mol. The number of ether oxygens (including phenoxy) is 1. The highest BCUT2D eigenvalue weighted by atomic mass is 35.5. The molecule has 0 atom stereocenters. The van der Waals surface area contributed by atoms with E-state index in [0.717, 1.165) is 5.56 Å². The molecule has 8 heteroatoms. The van der Waals surface area contributed by atoms with Gasteiger partial charge in [0.1, 0.15) is 5.75 Å². The molecule has 26 heavy (non-hydrogen) atoms. The molecule has 0 aliphatic carbocycles. The lowest BCUT2D eigenvalue weighted by Gasteiger charge is -2.21. The quantitative estimate of drug-likeness (QED) is 0.780. The Kier molecular flexibility index (Phi) is 6.63. The molecule has 1 N–H and O–H groups in total. The van der Waals surface area contributed by atoms with E-state index in [2.05, 4.69) is 4.72 Å². The van der Waals surface area contributed by atoms with Gasteiger partial charge in [0.05, 0.1) is 12.0 Å². The van der Waals surface area contributed by atoms with E-state index in [4.69, 9.17) is 16.3 Å². The van der Waals surface area contributed by atoms with E-state index < -0.39 is 10.0 Å². The third kappa shape index (κ3) is 4.97. The average Bonchev–Trinajstić information content (AvgIpc) is 2.59. The van der Waals surface area contributed by atoms with Gasteiger partial charge in [-0.1, -0.05) is 11.6 Å². The van der Waals surface area contributed by atoms with Crippen LogP contribution in [0.4, 0.5) is 5.69 Å². The second kappa shape index (κ2) is 8.53. The number of rotatable bonds is 7. The molecule has 2 rings (SSSR count). The number of carbonyl (C=O) groups excluding carboxylic acids is 1. The van der Waals surface area contributed by atoms with Crippen molar-refractivity contribution in [1.29, 1.82) is 0 Å². The van der Waals surface area contributed by atoms with Gasteiger partial charge in [0.25, 0.3) is 0 Å². The SMILES string of the molecule is COc1ccc(S(=O)(=O)NCCN(C(C)=O)c2ccc(Cl)cc2)cc1C. The first kappa shape index (κ1) is 20.2. The molecule has 1 amide bonds. The molecule has 2 aromatic carbocycles. The summed E-state index contributed by atoms with van der Waals surface area (Å²) in [7, 11) is -2.15. The topological polar surface area (TPSA) is 75.7 Å². The Morgan fingerprint density at radius 2 is 1.85 bits per heavy atom. The van der Waals surface area contributed by atoms with Gasteiger partial charge in [0, 0.05) is 30.7 Å². The molecule has 0 spiro atoms. The number of nitrogens with zero attached hydrogens (tertiary/aromatic N) is 1. The van der Waals surface area contributed by atoms with Crippen molar-refractivity contribution in [2.45, 2.75) is 18.7 Å². The zero-order chi connectivity index (χ0) is 19.3. The van der Waals surface area contributed by atoms with E-state index in [-0.39, 0.29) is 23.9 Å². The van der Waals surface area contributed by atoms with Gasteiger partial charge in [0.15, 0.2) is 0 Å². The van der Waals surface area contributed by atoms with E-state index in [9.17, 15) is 13.2 Å². The molecule has 0 heterocycles. The minimum Gasteiger partial charge on any atom is -0.496 e. The van der Waals surface area contributed by atoms with Crippen LogP contribution in [0.15, 0.2) is 47.4 Å². The summed E-state index contributed by atoms with van der Waals surface area (Å²) >= 11 is 5.86. The van der Waals surface area contributed by atoms with Gasteiger partial charge in [-0.25, -0.2) is 13.1 Å². The number of aryl methyl sites for hydroxylation is 1. The summed E-state index contributed by atoms with van der Waals surface area (Å²) in [5.74, 6) is 0.432. The molecule has 2 aromatic rings. The lowest BCUT2D eigenvalue weighted by atomic mass is 10.2. The first-order chi connectivity index (χ1) is 12.2. The van der Waals surface area contributed by atoms with Crippen LogP contribution in [0.25, 0.3) is 0 Å². The van der Waals surface area contributed by atoms with Crippen molar-refractivity contribution in [2.75, 3.05) is 25.1 Å². The molecule has 6 nitrogen and oxygen atoms in total. The van der Waals surface area contributed by atoms with Gasteiger partial charge in [0.2, 0.25) is 15.9 Å². The largest absolute Gasteiger partial charge is 0.496 e. The predicted molar refractivity (Wildman–Crippen MR) is 102 cm³/mol. The molecule has 0 saturated carbocycles. The van der Waals surface area contributed by atoms with Gasteiger partial charge in [-0.05, 0) is 55.0 Å². The number of hydrogen-bond donors (Lipinski definition) is 1. The molecule has 0 saturated heterocycles. The average molecular weight is 397 g/mol. The van der Waals surface area contributed by atoms with Crippen LogP contribution in [-0.4, -0.2) is 34.5 Å². The molecule has 140 valence electrons. The Bertz CT molecular complexity index is 883. The van der Waals surface area contributed by atoms with Crippen LogP contribution < -0.4 is 14.4 Å². The summed E-state index contributed by atoms with van der Waals surface area (Å²) in [4.78, 5) is 13.5. The second-order valence-corrected chi connectivity index (χ2v) is 7.88. The maximum Gasteiger partial charge on any atom is 0.240 e. The summed E-state index contributed by atoms with van der Waals surface area (Å²) in [6.45, 7) is 3.48. The van der Waals surface area contributed by atoms with Crippen molar-refractivity contribution >= 4 is 33.2 Å². The van der Waals surface area contributed by atoms with Gasteiger partial charge in [-0.15, -0.1) is 0 Å². The Labute approximate surface area is 158 Å². The first-order valence-corrected chi connectivity index (χ1v) is 9.78. The van der Waals surface area contributed by atoms with Crippen LogP contribution in [0.5, 0.6) is 5.75 Å². The van der Waals surface area contributed by atoms with E-state index in [1.807, 2.05) is 0 Å². The molecule has 0 aliphatic rings. The Morgan fingerprint density at radius 3 is 2.38 bits per heavy atom. The third-order valence-corrected chi connectivity index (χ3v) is 5.53. The highest BCUT2D eigenvalue weighted by Crippen LogP contribution is 2.21. The van der Waals surface area contributed by atoms with Crippen molar-refractivity contribution in [1.82, 2.24) is 4.72 Å². The number of amides is 1. The Morgan fingerprint density at radius 1 is 1.19 bits per heavy atom. The number of nitrogens with one attached hydrogen (secondary N) is 1. The third-order valence-electron chi connectivity index (χ3n) is 3.82. The highest BCUT2D eigenvalue weighted by Gasteiger charge is 2.17. The molecule has 0 bridgehead atoms. The number of carbonyl (C=O) groups is 1. The molecule has 0 aromatic heterocycles. The maximum atomic E-state index is 12.4. The molecule has 0 aliphatic heterocycles. The summed E-state index contributed by atoms with van der Waals surface area (Å²) in [5.41, 5.74) is 1.38. The van der Waals surface area contributed by atoms with Gasteiger partial charge in [-0.3, -0.25) is 4.79 Å². The lowest BCUT2D eigenvalue weighted by molar-refractivity contribution is -0.116. The van der Waals surface area contributed by atoms with E-state index in [1.54, 1.807) is 43.3 Å². The van der Waals surface area contributed by atoms with Crippen molar-refractivity contribution in [3.8, 4) is 5.75 Å². The summed E-state index contributed by atoms with van der Waals surface area (Å²) < 4.78 is 32.5. The van der Waals surface area contributed by atoms with Crippen LogP contribution in [0, 0.1) is 6.92 Å². The fourth-order valence-corrected chi connectivity index (χ4v) is 3.71. The molecular weight excluding hydrogens is 376 g/mol. The number of halogens is 1. The van der Waals surface area contributed by atoms with E-state index >= 15 is 0 Å². The van der Waals surface area contributed by atoms with Crippen molar-refractivity contribution in [3.05, 3.63) is 53.1 Å². The van der Waals surface area contributed by atoms with Gasteiger partial charge < -0.3 is 9.64 Å². The maximum absolute atomic E-state index is 12.4. The Hall–Kier alpha value is -2.09. The number of benzene rings is 2. The summed E-state index contributed by atoms with van der Waals surface area (Å²) in [5, 5.41) is 0.563. The number of sulfonamides is 1. The summed E-state index contributed by atoms with van der Waals surface area (Å²) in [6, 6.07) is 11.4. The number of methoxy groups -OCH3 is 1. The fourth-order valence-electron chi connectivity index (χ4n) is 2.48. The molecule has 0 radical (unpaired) electrons. The molecule has 0 fully saturated rings. The van der Waals surface area contributed by atoms with Crippen molar-refractivity contribution in [3.63, 3.8) is 0 Å². The van der Waals surface area contributed by atoms with Gasteiger partial charge >= 0.3 is 0 Å². The van der Waals surface area contributed by atoms with Crippen LogP contribution >= 0.6 is 11.6 Å². The standard InChI is InChI=1S/C18H21ClN2O4S/c1-13-12-17(8-9-18(13)25-3)26(23,24)20-10-11-21(14(2)22)16-6-4-15(19)5-7-16/h4-9,12,20H,10-11H2,1-3H3. The smallest absolute Gasteiger partial charge is 0.240 e. The minimum atomic E-state index is -3.68. The van der Waals surface area contributed by atoms with Crippen LogP contribution in [-0.2, 0) is 14.8 Å². The molecule has 0 unspecified atom stereocenters. The van der Waals surface area contributed by atoms with E-state index in [1.165, 1.54) is 25.0 Å². The number of anilines is 1. The van der Waals surface area contributed by atoms with Crippen molar-refractivity contribution in [2.24, 2.45) is 0 Å². The fraction of sp³-hybridized carbons (Fsp3) is 0.278. The van der Waals surface area contributed by atoms with Crippen LogP contribution in [0.3, 0.4) is 0 Å². The first-order valence-electron chi connectivity index (χ1n) is 7.92. The predicted octanol–water partition coefficient (Wildman–Crippen LogP) is 2.99. The second-order valence-electron chi connectivity index (χ2n) is 5.68. The van der Waals surface area contributed by atoms with Crippen molar-refractivity contribution < 1.29 is 17.9 Å². The molecular formula is C18H21ClN2O4S. The highest BCUT2D eigenvalue weighted by molar-refractivity contribution is 7.89. The lowest BCUT2D eigenvalue weighted by Crippen LogP contribution is -2.37. The number of hydrogen-bond acceptors (Lipinski definition) is 4. The zero-order valence-corrected chi connectivity index (χ0v) is 16.4. The van der Waals surface area contributed by atoms with E-state index in [0.29, 0.717) is 16.5 Å². The Balaban J connectivity index is 2.07. The zero-order valence-electron chi connectivity index (χ0n) is 14.8. The van der Waals surface area contributed by atoms with Crippen LogP contribution in [0.2, 0.25) is 5.02 Å². The minimum absolute atomic E-state index is 0.0790. The normalized spacial score (nSPS) is 11.2. The van der Waals surface area contributed by atoms with Gasteiger partial charge in [-0.2, -0.15) is 0 Å². The van der Waals surface area contributed by atoms with Crippen LogP contribution in [0.1, 0.15) is 12.5 Å².